The molecule has 0 aromatic heterocycles. The van der Waals surface area contributed by atoms with Crippen molar-refractivity contribution >= 4 is 17.7 Å². The number of ether oxygens (including phenoxy) is 2. The van der Waals surface area contributed by atoms with E-state index in [2.05, 4.69) is 20.8 Å². The minimum absolute atomic E-state index is 0.0539. The number of esters is 2. The van der Waals surface area contributed by atoms with Gasteiger partial charge in [-0.3, -0.25) is 14.4 Å². The van der Waals surface area contributed by atoms with E-state index in [-0.39, 0.29) is 28.9 Å². The smallest absolute Gasteiger partial charge is 0.305 e. The second kappa shape index (κ2) is 8.76. The molecule has 0 aliphatic heterocycles. The highest BCUT2D eigenvalue weighted by atomic mass is 16.5. The summed E-state index contributed by atoms with van der Waals surface area (Å²) in [6.45, 7) is 8.43. The van der Waals surface area contributed by atoms with Gasteiger partial charge in [0.1, 0.15) is 11.9 Å². The van der Waals surface area contributed by atoms with Crippen molar-refractivity contribution in [2.75, 3.05) is 7.11 Å². The molecule has 4 rings (SSSR count). The average molecular weight is 447 g/mol. The maximum atomic E-state index is 13.8. The van der Waals surface area contributed by atoms with Crippen molar-refractivity contribution in [2.45, 2.75) is 98.0 Å². The number of rotatable bonds is 5. The number of fused-ring (bicyclic) bond motifs is 5. The molecule has 4 fully saturated rings. The first-order valence-corrected chi connectivity index (χ1v) is 12.9. The number of methoxy groups -OCH3 is 1. The van der Waals surface area contributed by atoms with Crippen LogP contribution in [0.1, 0.15) is 91.9 Å². The Morgan fingerprint density at radius 2 is 1.84 bits per heavy atom. The van der Waals surface area contributed by atoms with Gasteiger partial charge in [0.05, 0.1) is 7.11 Å². The van der Waals surface area contributed by atoms with Gasteiger partial charge in [0.2, 0.25) is 0 Å². The van der Waals surface area contributed by atoms with Gasteiger partial charge in [-0.2, -0.15) is 0 Å². The second-order valence-corrected chi connectivity index (χ2v) is 11.8. The molecule has 4 saturated carbocycles. The zero-order valence-corrected chi connectivity index (χ0v) is 20.7. The molecule has 0 bridgehead atoms. The van der Waals surface area contributed by atoms with Crippen LogP contribution in [-0.2, 0) is 23.9 Å². The van der Waals surface area contributed by atoms with E-state index in [9.17, 15) is 14.4 Å². The third-order valence-corrected chi connectivity index (χ3v) is 10.6. The van der Waals surface area contributed by atoms with Gasteiger partial charge in [0.15, 0.2) is 0 Å². The van der Waals surface area contributed by atoms with Crippen molar-refractivity contribution in [2.24, 2.45) is 46.3 Å². The molecule has 0 aromatic carbocycles. The van der Waals surface area contributed by atoms with Gasteiger partial charge in [-0.25, -0.2) is 0 Å². The summed E-state index contributed by atoms with van der Waals surface area (Å²) in [5.74, 6) is 3.00. The molecule has 32 heavy (non-hydrogen) atoms. The van der Waals surface area contributed by atoms with Gasteiger partial charge in [0, 0.05) is 25.2 Å². The average Bonchev–Trinajstić information content (AvgIpc) is 3.11. The Labute approximate surface area is 193 Å². The highest BCUT2D eigenvalue weighted by Gasteiger charge is 2.64. The lowest BCUT2D eigenvalue weighted by molar-refractivity contribution is -0.167. The largest absolute Gasteiger partial charge is 0.469 e. The molecule has 0 radical (unpaired) electrons. The van der Waals surface area contributed by atoms with Crippen molar-refractivity contribution in [1.82, 2.24) is 0 Å². The predicted octanol–water partition coefficient (Wildman–Crippen LogP) is 5.35. The van der Waals surface area contributed by atoms with E-state index in [1.54, 1.807) is 0 Å². The van der Waals surface area contributed by atoms with E-state index >= 15 is 0 Å². The summed E-state index contributed by atoms with van der Waals surface area (Å²) in [4.78, 5) is 37.0. The zero-order chi connectivity index (χ0) is 23.3. The molecule has 4 aliphatic rings. The third-order valence-electron chi connectivity index (χ3n) is 10.6. The fourth-order valence-corrected chi connectivity index (χ4v) is 8.86. The summed E-state index contributed by atoms with van der Waals surface area (Å²) in [7, 11) is 1.45. The molecule has 0 amide bonds. The Kier molecular flexibility index (Phi) is 6.50. The van der Waals surface area contributed by atoms with E-state index in [0.717, 1.165) is 38.5 Å². The maximum Gasteiger partial charge on any atom is 0.305 e. The van der Waals surface area contributed by atoms with E-state index in [4.69, 9.17) is 9.47 Å². The Morgan fingerprint density at radius 1 is 1.09 bits per heavy atom. The number of hydrogen-bond donors (Lipinski definition) is 0. The molecule has 4 aliphatic carbocycles. The zero-order valence-electron chi connectivity index (χ0n) is 20.7. The SMILES string of the molecule is COC(=O)CC[C@@H](C)C1CC[C@H]2C3CC[C@@H]4C[C@H](OC(C)=O)CC[C@]4(C)[C@H]3CC(=O)[C@]12C. The van der Waals surface area contributed by atoms with Crippen LogP contribution in [0.4, 0.5) is 0 Å². The quantitative estimate of drug-likeness (QED) is 0.533. The molecule has 0 heterocycles. The van der Waals surface area contributed by atoms with Crippen LogP contribution in [0, 0.1) is 46.3 Å². The molecule has 2 unspecified atom stereocenters. The molecule has 180 valence electrons. The molecule has 0 saturated heterocycles. The first kappa shape index (κ1) is 23.8. The topological polar surface area (TPSA) is 69.7 Å². The summed E-state index contributed by atoms with van der Waals surface area (Å²) in [5.41, 5.74) is -0.0556. The monoisotopic (exact) mass is 446 g/mol. The van der Waals surface area contributed by atoms with Gasteiger partial charge in [-0.05, 0) is 92.3 Å². The molecule has 9 atom stereocenters. The molecular weight excluding hydrogens is 404 g/mol. The molecule has 5 heteroatoms. The molecular formula is C27H42O5. The molecule has 0 spiro atoms. The Hall–Kier alpha value is -1.39. The number of carbonyl (C=O) groups is 3. The van der Waals surface area contributed by atoms with Crippen molar-refractivity contribution in [3.8, 4) is 0 Å². The van der Waals surface area contributed by atoms with E-state index in [0.29, 0.717) is 54.1 Å². The summed E-state index contributed by atoms with van der Waals surface area (Å²) >= 11 is 0. The summed E-state index contributed by atoms with van der Waals surface area (Å²) < 4.78 is 10.4. The Morgan fingerprint density at radius 3 is 2.53 bits per heavy atom. The van der Waals surface area contributed by atoms with E-state index in [1.165, 1.54) is 26.9 Å². The van der Waals surface area contributed by atoms with Crippen LogP contribution in [0.2, 0.25) is 0 Å². The number of carbonyl (C=O) groups excluding carboxylic acids is 3. The lowest BCUT2D eigenvalue weighted by Crippen LogP contribution is -2.57. The molecule has 0 aromatic rings. The second-order valence-electron chi connectivity index (χ2n) is 11.8. The molecule has 5 nitrogen and oxygen atoms in total. The summed E-state index contributed by atoms with van der Waals surface area (Å²) in [6, 6.07) is 0. The lowest BCUT2D eigenvalue weighted by Gasteiger charge is -2.60. The van der Waals surface area contributed by atoms with Crippen molar-refractivity contribution in [3.05, 3.63) is 0 Å². The van der Waals surface area contributed by atoms with Crippen LogP contribution in [0.15, 0.2) is 0 Å². The van der Waals surface area contributed by atoms with E-state index in [1.807, 2.05) is 0 Å². The molecule has 0 N–H and O–H groups in total. The predicted molar refractivity (Wildman–Crippen MR) is 122 cm³/mol. The van der Waals surface area contributed by atoms with Crippen LogP contribution in [0.3, 0.4) is 0 Å². The minimum Gasteiger partial charge on any atom is -0.469 e. The van der Waals surface area contributed by atoms with Crippen molar-refractivity contribution < 1.29 is 23.9 Å². The number of Topliss-reactive ketones (excluding diaryl/α,β-unsaturated/α-hetero) is 1. The van der Waals surface area contributed by atoms with Gasteiger partial charge in [-0.1, -0.05) is 20.8 Å². The Bertz CT molecular complexity index is 761. The number of ketones is 1. The highest BCUT2D eigenvalue weighted by molar-refractivity contribution is 5.87. The van der Waals surface area contributed by atoms with Gasteiger partial charge in [0.25, 0.3) is 0 Å². The van der Waals surface area contributed by atoms with E-state index < -0.39 is 0 Å². The van der Waals surface area contributed by atoms with Crippen LogP contribution in [0.5, 0.6) is 0 Å². The highest BCUT2D eigenvalue weighted by Crippen LogP contribution is 2.67. The fourth-order valence-electron chi connectivity index (χ4n) is 8.86. The standard InChI is InChI=1S/C27H42O5/c1-16(6-11-25(30)31-5)21-9-10-22-20-8-7-18-14-19(32-17(2)28)12-13-26(18,3)23(20)15-24(29)27(21,22)4/h16,18-23H,6-15H2,1-5H3/t16-,18-,19-,20?,21?,22+,23+,26+,27-/m1/s1. The van der Waals surface area contributed by atoms with Crippen LogP contribution in [-0.4, -0.2) is 30.9 Å². The van der Waals surface area contributed by atoms with Gasteiger partial charge in [-0.15, -0.1) is 0 Å². The van der Waals surface area contributed by atoms with Crippen molar-refractivity contribution in [1.29, 1.82) is 0 Å². The fraction of sp³-hybridized carbons (Fsp3) is 0.889. The van der Waals surface area contributed by atoms with Gasteiger partial charge >= 0.3 is 11.9 Å². The summed E-state index contributed by atoms with van der Waals surface area (Å²) in [5, 5.41) is 0. The first-order chi connectivity index (χ1) is 15.1. The first-order valence-electron chi connectivity index (χ1n) is 12.9. The minimum atomic E-state index is -0.241. The normalized spacial score (nSPS) is 44.1. The van der Waals surface area contributed by atoms with Crippen LogP contribution >= 0.6 is 0 Å². The maximum absolute atomic E-state index is 13.8. The Balaban J connectivity index is 1.50. The van der Waals surface area contributed by atoms with Crippen LogP contribution < -0.4 is 0 Å². The number of hydrogen-bond acceptors (Lipinski definition) is 5. The van der Waals surface area contributed by atoms with Crippen molar-refractivity contribution in [3.63, 3.8) is 0 Å². The summed E-state index contributed by atoms with van der Waals surface area (Å²) in [6.07, 6.45) is 9.61. The van der Waals surface area contributed by atoms with Gasteiger partial charge < -0.3 is 9.47 Å². The van der Waals surface area contributed by atoms with Crippen LogP contribution in [0.25, 0.3) is 0 Å². The lowest BCUT2D eigenvalue weighted by atomic mass is 9.44. The third kappa shape index (κ3) is 3.81.